The van der Waals surface area contributed by atoms with Crippen LogP contribution in [0.3, 0.4) is 0 Å². The number of carbonyl (C=O) groups excluding carboxylic acids is 3. The van der Waals surface area contributed by atoms with Gasteiger partial charge in [-0.1, -0.05) is 35.9 Å². The molecule has 36 heavy (non-hydrogen) atoms. The molecule has 1 aliphatic rings. The molecule has 2 aromatic rings. The fourth-order valence-electron chi connectivity index (χ4n) is 4.46. The molecule has 0 bridgehead atoms. The maximum absolute atomic E-state index is 14.1. The predicted molar refractivity (Wildman–Crippen MR) is 134 cm³/mol. The van der Waals surface area contributed by atoms with Crippen molar-refractivity contribution in [1.82, 2.24) is 14.5 Å². The summed E-state index contributed by atoms with van der Waals surface area (Å²) in [7, 11) is -3.68. The molecule has 3 rings (SSSR count). The number of hydrogen-bond acceptors (Lipinski definition) is 5. The van der Waals surface area contributed by atoms with Crippen LogP contribution in [0, 0.1) is 5.82 Å². The molecule has 0 spiro atoms. The van der Waals surface area contributed by atoms with Gasteiger partial charge in [0.05, 0.1) is 6.26 Å². The third-order valence-corrected chi connectivity index (χ3v) is 6.97. The normalized spacial score (nSPS) is 17.3. The summed E-state index contributed by atoms with van der Waals surface area (Å²) in [6, 6.07) is 12.8. The topological polar surface area (TPSA) is 104 Å². The molecule has 11 heteroatoms. The first-order valence-electron chi connectivity index (χ1n) is 11.5. The van der Waals surface area contributed by atoms with E-state index in [2.05, 4.69) is 0 Å². The Kier molecular flexibility index (Phi) is 8.73. The van der Waals surface area contributed by atoms with Crippen molar-refractivity contribution in [1.29, 1.82) is 0 Å². The summed E-state index contributed by atoms with van der Waals surface area (Å²) in [5.41, 5.74) is 0.338. The highest BCUT2D eigenvalue weighted by atomic mass is 35.5. The molecule has 0 aliphatic carbocycles. The number of carbonyl (C=O) groups is 3. The zero-order valence-electron chi connectivity index (χ0n) is 20.2. The number of nitrogens with one attached hydrogen (secondary N) is 1. The summed E-state index contributed by atoms with van der Waals surface area (Å²) in [5, 5.41) is 0.502. The van der Waals surface area contributed by atoms with E-state index in [0.29, 0.717) is 23.6 Å². The van der Waals surface area contributed by atoms with Crippen molar-refractivity contribution in [2.75, 3.05) is 19.3 Å². The molecule has 3 amide bonds. The molecule has 0 aromatic heterocycles. The van der Waals surface area contributed by atoms with E-state index in [-0.39, 0.29) is 44.2 Å². The van der Waals surface area contributed by atoms with Gasteiger partial charge in [0.15, 0.2) is 0 Å². The number of likely N-dealkylation sites (tertiary alicyclic amines) is 1. The van der Waals surface area contributed by atoms with Crippen LogP contribution in [-0.2, 0) is 37.4 Å². The van der Waals surface area contributed by atoms with Crippen LogP contribution in [0.15, 0.2) is 48.5 Å². The average Bonchev–Trinajstić information content (AvgIpc) is 2.75. The number of amides is 3. The second-order valence-electron chi connectivity index (χ2n) is 9.01. The van der Waals surface area contributed by atoms with Crippen LogP contribution in [0.25, 0.3) is 0 Å². The molecule has 8 nitrogen and oxygen atoms in total. The first kappa shape index (κ1) is 27.6. The van der Waals surface area contributed by atoms with Gasteiger partial charge >= 0.3 is 0 Å². The SMILES string of the molecule is CC(=O)N1CCC1(Cc1ccc(F)cc1)C(=O)N(CCCC(=O)NS(C)(=O)=O)Cc1cccc(Cl)c1. The molecule has 1 saturated heterocycles. The molecule has 194 valence electrons. The number of hydrogen-bond donors (Lipinski definition) is 1. The summed E-state index contributed by atoms with van der Waals surface area (Å²) in [6.07, 6.45) is 1.65. The van der Waals surface area contributed by atoms with E-state index >= 15 is 0 Å². The van der Waals surface area contributed by atoms with E-state index in [1.54, 1.807) is 35.2 Å². The monoisotopic (exact) mass is 537 g/mol. The Morgan fingerprint density at radius 1 is 1.14 bits per heavy atom. The van der Waals surface area contributed by atoms with Crippen molar-refractivity contribution in [2.24, 2.45) is 0 Å². The van der Waals surface area contributed by atoms with Crippen molar-refractivity contribution >= 4 is 39.3 Å². The van der Waals surface area contributed by atoms with Gasteiger partial charge in [-0.2, -0.15) is 0 Å². The van der Waals surface area contributed by atoms with Gasteiger partial charge in [0, 0.05) is 44.4 Å². The Labute approximate surface area is 215 Å². The minimum Gasteiger partial charge on any atom is -0.336 e. The molecule has 0 radical (unpaired) electrons. The van der Waals surface area contributed by atoms with Crippen LogP contribution < -0.4 is 4.72 Å². The maximum atomic E-state index is 14.1. The average molecular weight is 538 g/mol. The molecule has 1 heterocycles. The highest BCUT2D eigenvalue weighted by Crippen LogP contribution is 2.37. The lowest BCUT2D eigenvalue weighted by atomic mass is 9.77. The number of sulfonamides is 1. The van der Waals surface area contributed by atoms with E-state index in [1.165, 1.54) is 24.0 Å². The Morgan fingerprint density at radius 3 is 2.39 bits per heavy atom. The summed E-state index contributed by atoms with van der Waals surface area (Å²) in [4.78, 5) is 41.6. The summed E-state index contributed by atoms with van der Waals surface area (Å²) >= 11 is 6.13. The molecule has 1 N–H and O–H groups in total. The first-order chi connectivity index (χ1) is 16.9. The van der Waals surface area contributed by atoms with Crippen molar-refractivity contribution in [2.45, 2.75) is 44.7 Å². The lowest BCUT2D eigenvalue weighted by molar-refractivity contribution is -0.165. The van der Waals surface area contributed by atoms with Gasteiger partial charge < -0.3 is 9.80 Å². The van der Waals surface area contributed by atoms with E-state index in [0.717, 1.165) is 11.8 Å². The Hall–Kier alpha value is -2.98. The third-order valence-electron chi connectivity index (χ3n) is 6.13. The second kappa shape index (κ2) is 11.4. The molecule has 2 aromatic carbocycles. The van der Waals surface area contributed by atoms with Crippen LogP contribution in [0.5, 0.6) is 0 Å². The summed E-state index contributed by atoms with van der Waals surface area (Å²) in [6.45, 7) is 2.16. The zero-order valence-corrected chi connectivity index (χ0v) is 21.7. The first-order valence-corrected chi connectivity index (χ1v) is 13.7. The largest absolute Gasteiger partial charge is 0.336 e. The van der Waals surface area contributed by atoms with Crippen LogP contribution in [0.2, 0.25) is 5.02 Å². The van der Waals surface area contributed by atoms with Gasteiger partial charge in [-0.3, -0.25) is 19.1 Å². The quantitative estimate of drug-likeness (QED) is 0.502. The highest BCUT2D eigenvalue weighted by Gasteiger charge is 2.53. The minimum atomic E-state index is -3.68. The number of benzene rings is 2. The van der Waals surface area contributed by atoms with E-state index in [1.807, 2.05) is 10.8 Å². The van der Waals surface area contributed by atoms with Crippen LogP contribution >= 0.6 is 11.6 Å². The van der Waals surface area contributed by atoms with Crippen LogP contribution in [-0.4, -0.2) is 60.8 Å². The Balaban J connectivity index is 1.87. The van der Waals surface area contributed by atoms with Crippen molar-refractivity contribution in [3.05, 3.63) is 70.5 Å². The van der Waals surface area contributed by atoms with Crippen molar-refractivity contribution in [3.63, 3.8) is 0 Å². The summed E-state index contributed by atoms with van der Waals surface area (Å²) in [5.74, 6) is -1.60. The zero-order chi connectivity index (χ0) is 26.5. The van der Waals surface area contributed by atoms with Gasteiger partial charge in [0.1, 0.15) is 11.4 Å². The molecule has 0 saturated carbocycles. The Bertz CT molecular complexity index is 1240. The van der Waals surface area contributed by atoms with Crippen LogP contribution in [0.4, 0.5) is 4.39 Å². The number of rotatable bonds is 10. The van der Waals surface area contributed by atoms with Crippen LogP contribution in [0.1, 0.15) is 37.3 Å². The molecular formula is C25H29ClFN3O5S. The molecule has 1 atom stereocenters. The van der Waals surface area contributed by atoms with Gasteiger partial charge in [-0.15, -0.1) is 0 Å². The molecule has 1 fully saturated rings. The van der Waals surface area contributed by atoms with Gasteiger partial charge in [-0.05, 0) is 48.2 Å². The fourth-order valence-corrected chi connectivity index (χ4v) is 5.19. The molecule has 1 aliphatic heterocycles. The minimum absolute atomic E-state index is 0.103. The van der Waals surface area contributed by atoms with E-state index in [4.69, 9.17) is 11.6 Å². The van der Waals surface area contributed by atoms with E-state index in [9.17, 15) is 27.2 Å². The van der Waals surface area contributed by atoms with E-state index < -0.39 is 27.3 Å². The second-order valence-corrected chi connectivity index (χ2v) is 11.2. The van der Waals surface area contributed by atoms with Gasteiger partial charge in [0.25, 0.3) is 0 Å². The van der Waals surface area contributed by atoms with Crippen molar-refractivity contribution in [3.8, 4) is 0 Å². The van der Waals surface area contributed by atoms with Gasteiger partial charge in [0.2, 0.25) is 27.7 Å². The summed E-state index contributed by atoms with van der Waals surface area (Å²) < 4.78 is 38.0. The lowest BCUT2D eigenvalue weighted by Crippen LogP contribution is -2.70. The molecule has 1 unspecified atom stereocenters. The fraction of sp³-hybridized carbons (Fsp3) is 0.400. The molecular weight excluding hydrogens is 509 g/mol. The predicted octanol–water partition coefficient (Wildman–Crippen LogP) is 2.90. The maximum Gasteiger partial charge on any atom is 0.249 e. The number of halogens is 2. The smallest absolute Gasteiger partial charge is 0.249 e. The highest BCUT2D eigenvalue weighted by molar-refractivity contribution is 7.89. The Morgan fingerprint density at radius 2 is 1.83 bits per heavy atom. The van der Waals surface area contributed by atoms with Crippen molar-refractivity contribution < 1.29 is 27.2 Å². The number of nitrogens with zero attached hydrogens (tertiary/aromatic N) is 2. The standard InChI is InChI=1S/C25H29ClFN3O5S/c1-18(31)30-14-12-25(30,16-19-8-10-22(27)11-9-19)24(33)29(17-20-5-3-6-21(26)15-20)13-4-7-23(32)28-36(2,34)35/h3,5-6,8-11,15H,4,7,12-14,16-17H2,1-2H3,(H,28,32). The lowest BCUT2D eigenvalue weighted by Gasteiger charge is -2.53. The third kappa shape index (κ3) is 7.04. The van der Waals surface area contributed by atoms with Gasteiger partial charge in [-0.25, -0.2) is 12.8 Å².